The number of anilines is 3. The molecule has 98 valence electrons. The van der Waals surface area contributed by atoms with Crippen LogP contribution in [-0.4, -0.2) is 4.92 Å². The molecule has 0 saturated carbocycles. The maximum Gasteiger partial charge on any atom is 0.273 e. The van der Waals surface area contributed by atoms with E-state index in [2.05, 4.69) is 5.32 Å². The predicted molar refractivity (Wildman–Crippen MR) is 77.0 cm³/mol. The van der Waals surface area contributed by atoms with Crippen molar-refractivity contribution < 1.29 is 4.92 Å². The van der Waals surface area contributed by atoms with Crippen LogP contribution in [0, 0.1) is 17.0 Å². The normalized spacial score (nSPS) is 10.2. The van der Waals surface area contributed by atoms with E-state index >= 15 is 0 Å². The summed E-state index contributed by atoms with van der Waals surface area (Å²) in [7, 11) is 0. The van der Waals surface area contributed by atoms with Gasteiger partial charge in [-0.25, -0.2) is 0 Å². The third kappa shape index (κ3) is 2.95. The number of rotatable bonds is 3. The lowest BCUT2D eigenvalue weighted by atomic mass is 10.2. The highest BCUT2D eigenvalue weighted by Crippen LogP contribution is 2.29. The number of nitrogens with one attached hydrogen (secondary N) is 1. The van der Waals surface area contributed by atoms with Gasteiger partial charge in [0.15, 0.2) is 0 Å². The van der Waals surface area contributed by atoms with E-state index in [4.69, 9.17) is 17.3 Å². The minimum absolute atomic E-state index is 0.0535. The molecule has 2 aromatic carbocycles. The molecule has 3 N–H and O–H groups in total. The molecule has 0 fully saturated rings. The molecule has 6 heteroatoms. The lowest BCUT2D eigenvalue weighted by molar-refractivity contribution is -0.384. The van der Waals surface area contributed by atoms with Crippen molar-refractivity contribution in [3.05, 3.63) is 57.1 Å². The SMILES string of the molecule is Cc1c(Cl)cccc1Nc1cc(N)cc([N+](=O)[O-])c1. The van der Waals surface area contributed by atoms with E-state index in [0.717, 1.165) is 11.3 Å². The van der Waals surface area contributed by atoms with Crippen LogP contribution in [0.4, 0.5) is 22.7 Å². The highest BCUT2D eigenvalue weighted by Gasteiger charge is 2.09. The topological polar surface area (TPSA) is 81.2 Å². The molecule has 0 aliphatic heterocycles. The van der Waals surface area contributed by atoms with E-state index in [1.54, 1.807) is 18.2 Å². The molecule has 0 atom stereocenters. The van der Waals surface area contributed by atoms with Gasteiger partial charge in [0.25, 0.3) is 5.69 Å². The van der Waals surface area contributed by atoms with Crippen molar-refractivity contribution in [2.24, 2.45) is 0 Å². The van der Waals surface area contributed by atoms with Crippen LogP contribution in [0.1, 0.15) is 5.56 Å². The largest absolute Gasteiger partial charge is 0.398 e. The minimum atomic E-state index is -0.480. The lowest BCUT2D eigenvalue weighted by Gasteiger charge is -2.11. The van der Waals surface area contributed by atoms with E-state index in [1.807, 2.05) is 13.0 Å². The van der Waals surface area contributed by atoms with E-state index in [-0.39, 0.29) is 5.69 Å². The molecule has 0 aliphatic rings. The summed E-state index contributed by atoms with van der Waals surface area (Å²) in [4.78, 5) is 10.3. The molecule has 0 amide bonds. The van der Waals surface area contributed by atoms with Gasteiger partial charge in [0.05, 0.1) is 4.92 Å². The Kier molecular flexibility index (Phi) is 3.57. The number of benzene rings is 2. The van der Waals surface area contributed by atoms with Crippen molar-refractivity contribution in [2.75, 3.05) is 11.1 Å². The minimum Gasteiger partial charge on any atom is -0.398 e. The zero-order valence-electron chi connectivity index (χ0n) is 10.2. The molecule has 0 aliphatic carbocycles. The Morgan fingerprint density at radius 2 is 2.05 bits per heavy atom. The Morgan fingerprint density at radius 1 is 1.32 bits per heavy atom. The molecule has 0 radical (unpaired) electrons. The summed E-state index contributed by atoms with van der Waals surface area (Å²) in [5.74, 6) is 0. The molecule has 0 bridgehead atoms. The number of nitro benzene ring substituents is 1. The van der Waals surface area contributed by atoms with Crippen molar-refractivity contribution in [1.82, 2.24) is 0 Å². The fraction of sp³-hybridized carbons (Fsp3) is 0.0769. The maximum absolute atomic E-state index is 10.8. The highest BCUT2D eigenvalue weighted by atomic mass is 35.5. The Hall–Kier alpha value is -2.27. The number of nitrogens with two attached hydrogens (primary N) is 1. The average molecular weight is 278 g/mol. The van der Waals surface area contributed by atoms with Gasteiger partial charge >= 0.3 is 0 Å². The third-order valence-corrected chi connectivity index (χ3v) is 3.11. The average Bonchev–Trinajstić information content (AvgIpc) is 2.34. The predicted octanol–water partition coefficient (Wildman–Crippen LogP) is 3.88. The van der Waals surface area contributed by atoms with Gasteiger partial charge in [0, 0.05) is 34.2 Å². The molecule has 19 heavy (non-hydrogen) atoms. The zero-order valence-corrected chi connectivity index (χ0v) is 10.9. The number of hydrogen-bond donors (Lipinski definition) is 2. The molecule has 2 rings (SSSR count). The first-order chi connectivity index (χ1) is 8.97. The van der Waals surface area contributed by atoms with Gasteiger partial charge in [-0.05, 0) is 30.7 Å². The molecular formula is C13H12ClN3O2. The summed E-state index contributed by atoms with van der Waals surface area (Å²) in [5, 5.41) is 14.5. The number of nitrogen functional groups attached to an aromatic ring is 1. The van der Waals surface area contributed by atoms with Crippen LogP contribution in [0.2, 0.25) is 5.02 Å². The molecule has 0 aromatic heterocycles. The Bertz CT molecular complexity index is 644. The van der Waals surface area contributed by atoms with Gasteiger partial charge in [-0.1, -0.05) is 17.7 Å². The summed E-state index contributed by atoms with van der Waals surface area (Å²) in [5.41, 5.74) is 8.13. The third-order valence-electron chi connectivity index (χ3n) is 2.70. The molecular weight excluding hydrogens is 266 g/mol. The maximum atomic E-state index is 10.8. The summed E-state index contributed by atoms with van der Waals surface area (Å²) in [6.45, 7) is 1.87. The van der Waals surface area contributed by atoms with Gasteiger partial charge in [-0.3, -0.25) is 10.1 Å². The highest BCUT2D eigenvalue weighted by molar-refractivity contribution is 6.31. The van der Waals surface area contributed by atoms with E-state index in [1.165, 1.54) is 12.1 Å². The molecule has 5 nitrogen and oxygen atoms in total. The summed E-state index contributed by atoms with van der Waals surface area (Å²) in [6, 6.07) is 9.80. The van der Waals surface area contributed by atoms with E-state index in [0.29, 0.717) is 16.4 Å². The monoisotopic (exact) mass is 277 g/mol. The molecule has 0 spiro atoms. The first kappa shape index (κ1) is 13.2. The van der Waals surface area contributed by atoms with Crippen LogP contribution in [0.5, 0.6) is 0 Å². The van der Waals surface area contributed by atoms with Crippen LogP contribution >= 0.6 is 11.6 Å². The molecule has 0 unspecified atom stereocenters. The van der Waals surface area contributed by atoms with Gasteiger partial charge < -0.3 is 11.1 Å². The first-order valence-corrected chi connectivity index (χ1v) is 5.92. The molecule has 0 heterocycles. The molecule has 0 saturated heterocycles. The van der Waals surface area contributed by atoms with E-state index < -0.39 is 4.92 Å². The number of nitro groups is 1. The zero-order chi connectivity index (χ0) is 14.0. The van der Waals surface area contributed by atoms with Gasteiger partial charge in [0.2, 0.25) is 0 Å². The number of nitrogens with zero attached hydrogens (tertiary/aromatic N) is 1. The Labute approximate surface area is 115 Å². The van der Waals surface area contributed by atoms with E-state index in [9.17, 15) is 10.1 Å². The van der Waals surface area contributed by atoms with Crippen LogP contribution in [0.3, 0.4) is 0 Å². The van der Waals surface area contributed by atoms with Crippen molar-refractivity contribution >= 4 is 34.4 Å². The number of halogens is 1. The van der Waals surface area contributed by atoms with Gasteiger partial charge in [0.1, 0.15) is 0 Å². The van der Waals surface area contributed by atoms with Gasteiger partial charge in [-0.2, -0.15) is 0 Å². The quantitative estimate of drug-likeness (QED) is 0.507. The smallest absolute Gasteiger partial charge is 0.273 e. The van der Waals surface area contributed by atoms with Crippen LogP contribution in [0.25, 0.3) is 0 Å². The first-order valence-electron chi connectivity index (χ1n) is 5.54. The lowest BCUT2D eigenvalue weighted by Crippen LogP contribution is -1.97. The fourth-order valence-electron chi connectivity index (χ4n) is 1.71. The summed E-state index contributed by atoms with van der Waals surface area (Å²) in [6.07, 6.45) is 0. The van der Waals surface area contributed by atoms with Crippen LogP contribution in [0.15, 0.2) is 36.4 Å². The second kappa shape index (κ2) is 5.16. The fourth-order valence-corrected chi connectivity index (χ4v) is 1.89. The van der Waals surface area contributed by atoms with Crippen molar-refractivity contribution in [1.29, 1.82) is 0 Å². The Balaban J connectivity index is 2.38. The van der Waals surface area contributed by atoms with Gasteiger partial charge in [-0.15, -0.1) is 0 Å². The second-order valence-electron chi connectivity index (χ2n) is 4.11. The van der Waals surface area contributed by atoms with Crippen molar-refractivity contribution in [3.8, 4) is 0 Å². The van der Waals surface area contributed by atoms with Crippen molar-refractivity contribution in [2.45, 2.75) is 6.92 Å². The Morgan fingerprint density at radius 3 is 2.74 bits per heavy atom. The number of non-ortho nitro benzene ring substituents is 1. The van der Waals surface area contributed by atoms with Crippen LogP contribution < -0.4 is 11.1 Å². The standard InChI is InChI=1S/C13H12ClN3O2/c1-8-12(14)3-2-4-13(8)16-10-5-9(15)6-11(7-10)17(18)19/h2-7,16H,15H2,1H3. The molecule has 2 aromatic rings. The second-order valence-corrected chi connectivity index (χ2v) is 4.51. The summed E-state index contributed by atoms with van der Waals surface area (Å²) >= 11 is 6.02. The van der Waals surface area contributed by atoms with Crippen molar-refractivity contribution in [3.63, 3.8) is 0 Å². The summed E-state index contributed by atoms with van der Waals surface area (Å²) < 4.78 is 0. The number of hydrogen-bond acceptors (Lipinski definition) is 4. The van der Waals surface area contributed by atoms with Crippen LogP contribution in [-0.2, 0) is 0 Å².